The zero-order valence-electron chi connectivity index (χ0n) is 5.09. The topological polar surface area (TPSA) is 23.5 Å². The summed E-state index contributed by atoms with van der Waals surface area (Å²) in [4.78, 5) is 0. The summed E-state index contributed by atoms with van der Waals surface area (Å²) in [6.45, 7) is 0.820. The molecule has 0 aromatic heterocycles. The second-order valence-corrected chi connectivity index (χ2v) is 2.15. The van der Waals surface area contributed by atoms with E-state index in [0.717, 1.165) is 11.5 Å². The van der Waals surface area contributed by atoms with Gasteiger partial charge in [0, 0.05) is 6.54 Å². The second kappa shape index (κ2) is 4.04. The van der Waals surface area contributed by atoms with Crippen molar-refractivity contribution in [1.29, 1.82) is 0 Å². The number of halogens is 2. The van der Waals surface area contributed by atoms with Crippen molar-refractivity contribution in [2.75, 3.05) is 13.1 Å². The van der Waals surface area contributed by atoms with Crippen LogP contribution in [0.4, 0.5) is 4.39 Å². The Morgan fingerprint density at radius 3 is 2.56 bits per heavy atom. The minimum atomic E-state index is -0.811. The van der Waals surface area contributed by atoms with Gasteiger partial charge in [0.25, 0.3) is 0 Å². The predicted octanol–water partition coefficient (Wildman–Crippen LogP) is 1.23. The highest BCUT2D eigenvalue weighted by Gasteiger charge is 2.16. The fourth-order valence-corrected chi connectivity index (χ4v) is 0.907. The first-order valence-electron chi connectivity index (χ1n) is 2.87. The minimum Gasteiger partial charge on any atom is -0.314 e. The Hall–Kier alpha value is 0.140. The van der Waals surface area contributed by atoms with Gasteiger partial charge in [-0.25, -0.2) is 4.39 Å². The number of hydrogen-bond acceptors (Lipinski definition) is 2. The predicted molar refractivity (Wildman–Crippen MR) is 34.7 cm³/mol. The van der Waals surface area contributed by atoms with E-state index < -0.39 is 6.17 Å². The molecule has 0 saturated carbocycles. The molecule has 0 aromatic carbocycles. The third-order valence-electron chi connectivity index (χ3n) is 1.34. The molecule has 0 spiro atoms. The number of hydrogen-bond donors (Lipinski definition) is 1. The van der Waals surface area contributed by atoms with Crippen molar-refractivity contribution in [1.82, 2.24) is 5.06 Å². The van der Waals surface area contributed by atoms with Crippen LogP contribution in [-0.4, -0.2) is 29.5 Å². The van der Waals surface area contributed by atoms with Gasteiger partial charge < -0.3 is 5.21 Å². The first-order chi connectivity index (χ1) is 3.79. The van der Waals surface area contributed by atoms with E-state index in [4.69, 9.17) is 5.21 Å². The lowest BCUT2D eigenvalue weighted by Crippen LogP contribution is -2.33. The van der Waals surface area contributed by atoms with Gasteiger partial charge in [0.15, 0.2) is 0 Å². The molecule has 1 fully saturated rings. The van der Waals surface area contributed by atoms with Gasteiger partial charge in [-0.15, -0.1) is 12.4 Å². The van der Waals surface area contributed by atoms with E-state index in [1.165, 1.54) is 0 Å². The van der Waals surface area contributed by atoms with Crippen molar-refractivity contribution in [2.45, 2.75) is 19.0 Å². The van der Waals surface area contributed by atoms with E-state index in [1.807, 2.05) is 0 Å². The summed E-state index contributed by atoms with van der Waals surface area (Å²) in [5.74, 6) is 0. The lowest BCUT2D eigenvalue weighted by Gasteiger charge is -2.22. The molecule has 0 aliphatic carbocycles. The highest BCUT2D eigenvalue weighted by Crippen LogP contribution is 2.09. The Morgan fingerprint density at radius 1 is 1.56 bits per heavy atom. The number of piperidine rings is 1. The zero-order valence-corrected chi connectivity index (χ0v) is 5.90. The number of rotatable bonds is 0. The standard InChI is InChI=1S/C5H10FNO.ClH/c6-5-2-1-3-7(8)4-5;/h5,8H,1-4H2;1H. The summed E-state index contributed by atoms with van der Waals surface area (Å²) >= 11 is 0. The fraction of sp³-hybridized carbons (Fsp3) is 1.00. The normalized spacial score (nSPS) is 29.3. The first kappa shape index (κ1) is 9.14. The lowest BCUT2D eigenvalue weighted by molar-refractivity contribution is -0.120. The smallest absolute Gasteiger partial charge is 0.115 e. The highest BCUT2D eigenvalue weighted by molar-refractivity contribution is 5.85. The summed E-state index contributed by atoms with van der Waals surface area (Å²) in [5, 5.41) is 9.71. The fourth-order valence-electron chi connectivity index (χ4n) is 0.907. The lowest BCUT2D eigenvalue weighted by atomic mass is 10.1. The molecule has 0 aromatic rings. The maximum Gasteiger partial charge on any atom is 0.115 e. The van der Waals surface area contributed by atoms with Crippen molar-refractivity contribution >= 4 is 12.4 Å². The van der Waals surface area contributed by atoms with Crippen LogP contribution in [0.1, 0.15) is 12.8 Å². The van der Waals surface area contributed by atoms with E-state index in [1.54, 1.807) is 0 Å². The molecule has 1 aliphatic heterocycles. The van der Waals surface area contributed by atoms with Crippen molar-refractivity contribution < 1.29 is 9.60 Å². The Morgan fingerprint density at radius 2 is 2.22 bits per heavy atom. The average molecular weight is 156 g/mol. The maximum atomic E-state index is 12.2. The van der Waals surface area contributed by atoms with Crippen LogP contribution in [0.3, 0.4) is 0 Å². The van der Waals surface area contributed by atoms with Gasteiger partial charge in [-0.1, -0.05) is 0 Å². The molecule has 0 bridgehead atoms. The van der Waals surface area contributed by atoms with E-state index in [0.29, 0.717) is 13.0 Å². The van der Waals surface area contributed by atoms with Crippen molar-refractivity contribution in [3.8, 4) is 0 Å². The largest absolute Gasteiger partial charge is 0.314 e. The molecule has 9 heavy (non-hydrogen) atoms. The van der Waals surface area contributed by atoms with Gasteiger partial charge >= 0.3 is 0 Å². The van der Waals surface area contributed by atoms with Gasteiger partial charge in [-0.3, -0.25) is 0 Å². The van der Waals surface area contributed by atoms with E-state index in [2.05, 4.69) is 0 Å². The van der Waals surface area contributed by atoms with Crippen LogP contribution in [0.2, 0.25) is 0 Å². The summed E-state index contributed by atoms with van der Waals surface area (Å²) < 4.78 is 12.2. The molecule has 1 saturated heterocycles. The average Bonchev–Trinajstić information content (AvgIpc) is 1.64. The summed E-state index contributed by atoms with van der Waals surface area (Å²) in [7, 11) is 0. The molecular weight excluding hydrogens is 145 g/mol. The second-order valence-electron chi connectivity index (χ2n) is 2.15. The van der Waals surface area contributed by atoms with E-state index in [9.17, 15) is 4.39 Å². The molecule has 0 amide bonds. The Labute approximate surface area is 60.0 Å². The highest BCUT2D eigenvalue weighted by atomic mass is 35.5. The summed E-state index contributed by atoms with van der Waals surface area (Å²) in [6, 6.07) is 0. The van der Waals surface area contributed by atoms with Crippen LogP contribution in [0.25, 0.3) is 0 Å². The molecule has 1 aliphatic rings. The Bertz CT molecular complexity index is 75.4. The SMILES string of the molecule is Cl.ON1CCCC(F)C1. The number of alkyl halides is 1. The Kier molecular flexibility index (Phi) is 4.10. The number of nitrogens with zero attached hydrogens (tertiary/aromatic N) is 1. The molecule has 4 heteroatoms. The van der Waals surface area contributed by atoms with Crippen LogP contribution in [0, 0.1) is 0 Å². The quantitative estimate of drug-likeness (QED) is 0.569. The van der Waals surface area contributed by atoms with Crippen LogP contribution in [0.5, 0.6) is 0 Å². The molecule has 56 valence electrons. The summed E-state index contributed by atoms with van der Waals surface area (Å²) in [6.07, 6.45) is 0.572. The van der Waals surface area contributed by atoms with Crippen LogP contribution >= 0.6 is 12.4 Å². The minimum absolute atomic E-state index is 0. The Balaban J connectivity index is 0.000000640. The molecule has 1 atom stereocenters. The van der Waals surface area contributed by atoms with E-state index in [-0.39, 0.29) is 19.0 Å². The molecule has 2 nitrogen and oxygen atoms in total. The van der Waals surface area contributed by atoms with Gasteiger partial charge in [0.1, 0.15) is 6.17 Å². The van der Waals surface area contributed by atoms with Gasteiger partial charge in [-0.05, 0) is 12.8 Å². The van der Waals surface area contributed by atoms with Crippen molar-refractivity contribution in [3.63, 3.8) is 0 Å². The summed E-state index contributed by atoms with van der Waals surface area (Å²) in [5.41, 5.74) is 0. The first-order valence-corrected chi connectivity index (χ1v) is 2.87. The van der Waals surface area contributed by atoms with E-state index >= 15 is 0 Å². The van der Waals surface area contributed by atoms with Crippen LogP contribution in [-0.2, 0) is 0 Å². The number of hydroxylamine groups is 2. The van der Waals surface area contributed by atoms with Crippen molar-refractivity contribution in [3.05, 3.63) is 0 Å². The van der Waals surface area contributed by atoms with Gasteiger partial charge in [0.05, 0.1) is 6.54 Å². The molecule has 1 unspecified atom stereocenters. The third-order valence-corrected chi connectivity index (χ3v) is 1.34. The third kappa shape index (κ3) is 2.98. The molecule has 0 radical (unpaired) electrons. The zero-order chi connectivity index (χ0) is 5.98. The van der Waals surface area contributed by atoms with Crippen molar-refractivity contribution in [2.24, 2.45) is 0 Å². The molecule has 1 rings (SSSR count). The monoisotopic (exact) mass is 155 g/mol. The van der Waals surface area contributed by atoms with Crippen LogP contribution < -0.4 is 0 Å². The van der Waals surface area contributed by atoms with Gasteiger partial charge in [0.2, 0.25) is 0 Å². The van der Waals surface area contributed by atoms with Gasteiger partial charge in [-0.2, -0.15) is 5.06 Å². The molecular formula is C5H11ClFNO. The molecule has 1 heterocycles. The molecule has 1 N–H and O–H groups in total. The van der Waals surface area contributed by atoms with Crippen LogP contribution in [0.15, 0.2) is 0 Å². The maximum absolute atomic E-state index is 12.2.